The fourth-order valence-electron chi connectivity index (χ4n) is 3.19. The lowest BCUT2D eigenvalue weighted by atomic mass is 10.0. The van der Waals surface area contributed by atoms with E-state index in [0.717, 1.165) is 32.9 Å². The molecule has 0 radical (unpaired) electrons. The molecule has 2 aromatic carbocycles. The molecule has 1 atom stereocenters. The minimum Gasteiger partial charge on any atom is -0.464 e. The minimum atomic E-state index is -0.0869. The van der Waals surface area contributed by atoms with Crippen LogP contribution < -0.4 is 5.32 Å². The van der Waals surface area contributed by atoms with Crippen LogP contribution in [-0.4, -0.2) is 10.9 Å². The first-order valence-corrected chi connectivity index (χ1v) is 8.29. The summed E-state index contributed by atoms with van der Waals surface area (Å²) >= 11 is 0. The van der Waals surface area contributed by atoms with Crippen LogP contribution in [0.3, 0.4) is 0 Å². The summed E-state index contributed by atoms with van der Waals surface area (Å²) in [4.78, 5) is 16.6. The van der Waals surface area contributed by atoms with Crippen LogP contribution in [0.2, 0.25) is 0 Å². The summed E-state index contributed by atoms with van der Waals surface area (Å²) in [5.41, 5.74) is 2.70. The largest absolute Gasteiger partial charge is 0.464 e. The molecule has 0 saturated carbocycles. The Hall–Kier alpha value is -3.14. The Balaban J connectivity index is 1.60. The molecule has 0 saturated heterocycles. The van der Waals surface area contributed by atoms with Gasteiger partial charge >= 0.3 is 0 Å². The van der Waals surface area contributed by atoms with Crippen LogP contribution in [0.5, 0.6) is 0 Å². The van der Waals surface area contributed by atoms with Gasteiger partial charge in [0.15, 0.2) is 0 Å². The predicted octanol–water partition coefficient (Wildman–Crippen LogP) is 4.40. The molecule has 0 aliphatic heterocycles. The van der Waals surface area contributed by atoms with Crippen LogP contribution in [0.25, 0.3) is 21.7 Å². The Morgan fingerprint density at radius 3 is 2.88 bits per heavy atom. The second kappa shape index (κ2) is 6.40. The second-order valence-electron chi connectivity index (χ2n) is 6.17. The van der Waals surface area contributed by atoms with Gasteiger partial charge in [-0.25, -0.2) is 0 Å². The molecule has 2 aromatic heterocycles. The molecule has 4 heteroatoms. The van der Waals surface area contributed by atoms with Gasteiger partial charge in [-0.2, -0.15) is 0 Å². The number of carbonyl (C=O) groups is 1. The summed E-state index contributed by atoms with van der Waals surface area (Å²) in [5.74, 6) is -0.0352. The fourth-order valence-corrected chi connectivity index (χ4v) is 3.19. The molecule has 4 aromatic rings. The second-order valence-corrected chi connectivity index (χ2v) is 6.17. The normalized spacial score (nSPS) is 12.4. The standard InChI is InChI=1S/C21H18N2O2/c1-14(16-6-4-10-22-12-16)23-20(24)11-17-13-25-19-9-8-15-5-2-3-7-18(15)21(17)19/h2-10,12-14H,11H2,1H3,(H,23,24). The monoisotopic (exact) mass is 330 g/mol. The summed E-state index contributed by atoms with van der Waals surface area (Å²) in [6.07, 6.45) is 5.46. The third kappa shape index (κ3) is 2.98. The zero-order valence-electron chi connectivity index (χ0n) is 13.9. The first-order valence-electron chi connectivity index (χ1n) is 8.29. The van der Waals surface area contributed by atoms with Crippen molar-refractivity contribution < 1.29 is 9.21 Å². The minimum absolute atomic E-state index is 0.0352. The van der Waals surface area contributed by atoms with E-state index in [0.29, 0.717) is 0 Å². The molecule has 124 valence electrons. The molecule has 0 spiro atoms. The molecule has 4 nitrogen and oxygen atoms in total. The van der Waals surface area contributed by atoms with E-state index in [4.69, 9.17) is 4.42 Å². The summed E-state index contributed by atoms with van der Waals surface area (Å²) < 4.78 is 5.66. The third-order valence-corrected chi connectivity index (χ3v) is 4.45. The number of furan rings is 1. The van der Waals surface area contributed by atoms with E-state index in [2.05, 4.69) is 22.4 Å². The lowest BCUT2D eigenvalue weighted by Gasteiger charge is -2.13. The van der Waals surface area contributed by atoms with Crippen molar-refractivity contribution in [1.29, 1.82) is 0 Å². The Morgan fingerprint density at radius 1 is 1.16 bits per heavy atom. The maximum absolute atomic E-state index is 12.5. The summed E-state index contributed by atoms with van der Waals surface area (Å²) in [5, 5.41) is 6.29. The number of nitrogens with zero attached hydrogens (tertiary/aromatic N) is 1. The van der Waals surface area contributed by atoms with E-state index in [-0.39, 0.29) is 18.4 Å². The molecule has 0 aliphatic rings. The number of hydrogen-bond acceptors (Lipinski definition) is 3. The highest BCUT2D eigenvalue weighted by atomic mass is 16.3. The van der Waals surface area contributed by atoms with Crippen molar-refractivity contribution >= 4 is 27.6 Å². The van der Waals surface area contributed by atoms with Gasteiger partial charge in [-0.15, -0.1) is 0 Å². The summed E-state index contributed by atoms with van der Waals surface area (Å²) in [6.45, 7) is 1.96. The maximum Gasteiger partial charge on any atom is 0.225 e. The van der Waals surface area contributed by atoms with Crippen LogP contribution in [0.4, 0.5) is 0 Å². The van der Waals surface area contributed by atoms with E-state index in [1.807, 2.05) is 43.3 Å². The quantitative estimate of drug-likeness (QED) is 0.603. The number of rotatable bonds is 4. The van der Waals surface area contributed by atoms with Gasteiger partial charge in [-0.1, -0.05) is 36.4 Å². The van der Waals surface area contributed by atoms with Gasteiger partial charge in [0.2, 0.25) is 5.91 Å². The Morgan fingerprint density at radius 2 is 2.04 bits per heavy atom. The number of benzene rings is 2. The number of pyridine rings is 1. The van der Waals surface area contributed by atoms with Crippen molar-refractivity contribution in [3.8, 4) is 0 Å². The molecule has 25 heavy (non-hydrogen) atoms. The van der Waals surface area contributed by atoms with E-state index < -0.39 is 0 Å². The average Bonchev–Trinajstić information content (AvgIpc) is 3.05. The van der Waals surface area contributed by atoms with Crippen molar-refractivity contribution in [2.24, 2.45) is 0 Å². The highest BCUT2D eigenvalue weighted by molar-refractivity contribution is 6.08. The van der Waals surface area contributed by atoms with Crippen molar-refractivity contribution in [3.63, 3.8) is 0 Å². The first kappa shape index (κ1) is 15.4. The fraction of sp³-hybridized carbons (Fsp3) is 0.143. The van der Waals surface area contributed by atoms with Crippen molar-refractivity contribution in [3.05, 3.63) is 78.3 Å². The van der Waals surface area contributed by atoms with Crippen molar-refractivity contribution in [2.75, 3.05) is 0 Å². The molecule has 1 amide bonds. The Labute approximate surface area is 145 Å². The smallest absolute Gasteiger partial charge is 0.225 e. The van der Waals surface area contributed by atoms with E-state index in [9.17, 15) is 4.79 Å². The molecular formula is C21H18N2O2. The summed E-state index contributed by atoms with van der Waals surface area (Å²) in [6, 6.07) is 15.9. The van der Waals surface area contributed by atoms with Gasteiger partial charge in [0.25, 0.3) is 0 Å². The lowest BCUT2D eigenvalue weighted by molar-refractivity contribution is -0.121. The molecule has 2 heterocycles. The van der Waals surface area contributed by atoms with E-state index in [1.165, 1.54) is 0 Å². The van der Waals surface area contributed by atoms with Gasteiger partial charge in [-0.3, -0.25) is 9.78 Å². The van der Waals surface area contributed by atoms with E-state index >= 15 is 0 Å². The van der Waals surface area contributed by atoms with Gasteiger partial charge in [0.05, 0.1) is 18.7 Å². The van der Waals surface area contributed by atoms with Gasteiger partial charge < -0.3 is 9.73 Å². The van der Waals surface area contributed by atoms with Crippen molar-refractivity contribution in [1.82, 2.24) is 10.3 Å². The number of hydrogen-bond donors (Lipinski definition) is 1. The van der Waals surface area contributed by atoms with Gasteiger partial charge in [-0.05, 0) is 35.4 Å². The topological polar surface area (TPSA) is 55.1 Å². The lowest BCUT2D eigenvalue weighted by Crippen LogP contribution is -2.28. The predicted molar refractivity (Wildman–Crippen MR) is 98.2 cm³/mol. The molecule has 1 N–H and O–H groups in total. The Bertz CT molecular complexity index is 1040. The number of carbonyl (C=O) groups excluding carboxylic acids is 1. The molecule has 4 rings (SSSR count). The SMILES string of the molecule is CC(NC(=O)Cc1coc2ccc3ccccc3c12)c1cccnc1. The molecular weight excluding hydrogens is 312 g/mol. The van der Waals surface area contributed by atoms with Crippen LogP contribution >= 0.6 is 0 Å². The zero-order chi connectivity index (χ0) is 17.2. The highest BCUT2D eigenvalue weighted by Crippen LogP contribution is 2.30. The van der Waals surface area contributed by atoms with Gasteiger partial charge in [0.1, 0.15) is 5.58 Å². The van der Waals surface area contributed by atoms with Gasteiger partial charge in [0, 0.05) is 23.3 Å². The van der Waals surface area contributed by atoms with Crippen LogP contribution in [0.15, 0.2) is 71.6 Å². The molecule has 1 unspecified atom stereocenters. The molecule has 0 aliphatic carbocycles. The number of fused-ring (bicyclic) bond motifs is 3. The van der Waals surface area contributed by atoms with Crippen LogP contribution in [0.1, 0.15) is 24.1 Å². The highest BCUT2D eigenvalue weighted by Gasteiger charge is 2.15. The number of amides is 1. The van der Waals surface area contributed by atoms with Crippen LogP contribution in [-0.2, 0) is 11.2 Å². The number of nitrogens with one attached hydrogen (secondary N) is 1. The molecule has 0 bridgehead atoms. The average molecular weight is 330 g/mol. The maximum atomic E-state index is 12.5. The van der Waals surface area contributed by atoms with Crippen molar-refractivity contribution in [2.45, 2.75) is 19.4 Å². The third-order valence-electron chi connectivity index (χ3n) is 4.45. The van der Waals surface area contributed by atoms with E-state index in [1.54, 1.807) is 18.7 Å². The summed E-state index contributed by atoms with van der Waals surface area (Å²) in [7, 11) is 0. The van der Waals surface area contributed by atoms with Crippen LogP contribution in [0, 0.1) is 0 Å². The Kier molecular flexibility index (Phi) is 3.94. The first-order chi connectivity index (χ1) is 12.2. The molecule has 0 fully saturated rings. The number of aromatic nitrogens is 1. The zero-order valence-corrected chi connectivity index (χ0v) is 13.9.